The van der Waals surface area contributed by atoms with Gasteiger partial charge in [0, 0.05) is 18.6 Å². The summed E-state index contributed by atoms with van der Waals surface area (Å²) >= 11 is 0. The Hall–Kier alpha value is -0.810. The van der Waals surface area contributed by atoms with Crippen LogP contribution in [-0.4, -0.2) is 42.5 Å². The molecule has 5 nitrogen and oxygen atoms in total. The van der Waals surface area contributed by atoms with Gasteiger partial charge in [0.1, 0.15) is 5.60 Å². The SMILES string of the molecule is CCCC(CCC)NC1C(NC(=O)OC(C)(C)C)C2CCOC21. The summed E-state index contributed by atoms with van der Waals surface area (Å²) in [6, 6.07) is 0.828. The molecule has 0 aromatic carbocycles. The molecule has 1 aliphatic carbocycles. The number of ether oxygens (including phenoxy) is 2. The van der Waals surface area contributed by atoms with Crippen LogP contribution in [0.2, 0.25) is 0 Å². The number of alkyl carbamates (subject to hydrolysis) is 1. The second kappa shape index (κ2) is 7.84. The molecule has 0 spiro atoms. The van der Waals surface area contributed by atoms with Crippen LogP contribution in [0.3, 0.4) is 0 Å². The van der Waals surface area contributed by atoms with Gasteiger partial charge in [0.15, 0.2) is 0 Å². The minimum Gasteiger partial charge on any atom is -0.444 e. The van der Waals surface area contributed by atoms with E-state index in [-0.39, 0.29) is 24.3 Å². The number of hydrogen-bond donors (Lipinski definition) is 2. The van der Waals surface area contributed by atoms with E-state index in [1.54, 1.807) is 0 Å². The van der Waals surface area contributed by atoms with Crippen molar-refractivity contribution in [1.29, 1.82) is 0 Å². The first kappa shape index (κ1) is 18.5. The average Bonchev–Trinajstić information content (AvgIpc) is 2.85. The Morgan fingerprint density at radius 2 is 1.87 bits per heavy atom. The van der Waals surface area contributed by atoms with Crippen LogP contribution in [0.4, 0.5) is 4.79 Å². The highest BCUT2D eigenvalue weighted by Crippen LogP contribution is 2.39. The van der Waals surface area contributed by atoms with Crippen molar-refractivity contribution < 1.29 is 14.3 Å². The van der Waals surface area contributed by atoms with Gasteiger partial charge in [-0.05, 0) is 40.0 Å². The molecule has 4 atom stereocenters. The minimum atomic E-state index is -0.463. The molecule has 2 N–H and O–H groups in total. The minimum absolute atomic E-state index is 0.119. The standard InChI is InChI=1S/C18H34N2O3/c1-6-8-12(9-7-2)19-15-14(13-10-11-22-16(13)15)20-17(21)23-18(3,4)5/h12-16,19H,6-11H2,1-5H3,(H,20,21). The topological polar surface area (TPSA) is 59.6 Å². The maximum absolute atomic E-state index is 12.1. The van der Waals surface area contributed by atoms with Gasteiger partial charge in [0.25, 0.3) is 0 Å². The molecule has 1 heterocycles. The number of carbonyl (C=O) groups is 1. The number of nitrogens with one attached hydrogen (secondary N) is 2. The van der Waals surface area contributed by atoms with Gasteiger partial charge in [-0.1, -0.05) is 26.7 Å². The van der Waals surface area contributed by atoms with Crippen LogP contribution in [-0.2, 0) is 9.47 Å². The Morgan fingerprint density at radius 1 is 1.22 bits per heavy atom. The first-order chi connectivity index (χ1) is 10.9. The van der Waals surface area contributed by atoms with E-state index < -0.39 is 5.60 Å². The normalized spacial score (nSPS) is 30.0. The van der Waals surface area contributed by atoms with Crippen LogP contribution < -0.4 is 10.6 Å². The maximum atomic E-state index is 12.1. The van der Waals surface area contributed by atoms with Crippen molar-refractivity contribution in [3.63, 3.8) is 0 Å². The van der Waals surface area contributed by atoms with Crippen LogP contribution in [0.25, 0.3) is 0 Å². The lowest BCUT2D eigenvalue weighted by Gasteiger charge is -2.49. The van der Waals surface area contributed by atoms with E-state index in [9.17, 15) is 4.79 Å². The lowest BCUT2D eigenvalue weighted by Crippen LogP contribution is -2.71. The largest absolute Gasteiger partial charge is 0.444 e. The van der Waals surface area contributed by atoms with Gasteiger partial charge in [-0.3, -0.25) is 0 Å². The smallest absolute Gasteiger partial charge is 0.407 e. The van der Waals surface area contributed by atoms with Gasteiger partial charge < -0.3 is 20.1 Å². The molecule has 5 heteroatoms. The molecule has 2 rings (SSSR count). The third kappa shape index (κ3) is 4.83. The molecule has 0 bridgehead atoms. The second-order valence-corrected chi connectivity index (χ2v) is 7.93. The monoisotopic (exact) mass is 326 g/mol. The summed E-state index contributed by atoms with van der Waals surface area (Å²) in [6.45, 7) is 10.9. The molecule has 2 fully saturated rings. The van der Waals surface area contributed by atoms with E-state index in [0.717, 1.165) is 13.0 Å². The summed E-state index contributed by atoms with van der Waals surface area (Å²) in [5, 5.41) is 6.83. The zero-order valence-corrected chi connectivity index (χ0v) is 15.4. The highest BCUT2D eigenvalue weighted by atomic mass is 16.6. The van der Waals surface area contributed by atoms with Gasteiger partial charge in [0.05, 0.1) is 18.2 Å². The van der Waals surface area contributed by atoms with Crippen LogP contribution in [0.1, 0.15) is 66.7 Å². The summed E-state index contributed by atoms with van der Waals surface area (Å²) < 4.78 is 11.3. The van der Waals surface area contributed by atoms with Gasteiger partial charge in [-0.15, -0.1) is 0 Å². The molecule has 134 valence electrons. The maximum Gasteiger partial charge on any atom is 0.407 e. The molecule has 1 aliphatic heterocycles. The van der Waals surface area contributed by atoms with Crippen molar-refractivity contribution in [2.45, 2.75) is 96.6 Å². The molecule has 1 saturated carbocycles. The Labute approximate surface area is 140 Å². The number of rotatable bonds is 7. The first-order valence-electron chi connectivity index (χ1n) is 9.23. The fourth-order valence-electron chi connectivity index (χ4n) is 3.83. The van der Waals surface area contributed by atoms with Gasteiger partial charge >= 0.3 is 6.09 Å². The molecule has 0 radical (unpaired) electrons. The zero-order chi connectivity index (χ0) is 17.0. The van der Waals surface area contributed by atoms with Crippen molar-refractivity contribution in [2.75, 3.05) is 6.61 Å². The van der Waals surface area contributed by atoms with E-state index in [4.69, 9.17) is 9.47 Å². The van der Waals surface area contributed by atoms with E-state index in [1.165, 1.54) is 25.7 Å². The second-order valence-electron chi connectivity index (χ2n) is 7.93. The van der Waals surface area contributed by atoms with Crippen molar-refractivity contribution in [1.82, 2.24) is 10.6 Å². The van der Waals surface area contributed by atoms with Gasteiger partial charge in [-0.25, -0.2) is 4.79 Å². The van der Waals surface area contributed by atoms with Crippen molar-refractivity contribution in [2.24, 2.45) is 5.92 Å². The zero-order valence-electron chi connectivity index (χ0n) is 15.4. The summed E-state index contributed by atoms with van der Waals surface area (Å²) in [6.07, 6.45) is 5.62. The number of carbonyl (C=O) groups excluding carboxylic acids is 1. The fourth-order valence-corrected chi connectivity index (χ4v) is 3.83. The van der Waals surface area contributed by atoms with Gasteiger partial charge in [0.2, 0.25) is 0 Å². The predicted molar refractivity (Wildman–Crippen MR) is 91.5 cm³/mol. The number of hydrogen-bond acceptors (Lipinski definition) is 4. The third-order valence-corrected chi connectivity index (χ3v) is 4.77. The number of fused-ring (bicyclic) bond motifs is 1. The lowest BCUT2D eigenvalue weighted by atomic mass is 9.71. The molecule has 1 saturated heterocycles. The summed E-state index contributed by atoms with van der Waals surface area (Å²) in [5.74, 6) is 0.420. The molecule has 23 heavy (non-hydrogen) atoms. The molecule has 0 aromatic rings. The lowest BCUT2D eigenvalue weighted by molar-refractivity contribution is -0.0383. The van der Waals surface area contributed by atoms with Crippen LogP contribution in [0, 0.1) is 5.92 Å². The molecular weight excluding hydrogens is 292 g/mol. The summed E-state index contributed by atoms with van der Waals surface area (Å²) in [4.78, 5) is 12.1. The van der Waals surface area contributed by atoms with Crippen molar-refractivity contribution in [3.8, 4) is 0 Å². The van der Waals surface area contributed by atoms with Crippen molar-refractivity contribution in [3.05, 3.63) is 0 Å². The Kier molecular flexibility index (Phi) is 6.32. The number of amides is 1. The van der Waals surface area contributed by atoms with Crippen LogP contribution in [0.15, 0.2) is 0 Å². The Morgan fingerprint density at radius 3 is 2.43 bits per heavy atom. The highest BCUT2D eigenvalue weighted by Gasteiger charge is 2.55. The quantitative estimate of drug-likeness (QED) is 0.754. The molecule has 4 unspecified atom stereocenters. The van der Waals surface area contributed by atoms with E-state index in [1.807, 2.05) is 20.8 Å². The summed E-state index contributed by atoms with van der Waals surface area (Å²) in [5.41, 5.74) is -0.463. The Balaban J connectivity index is 1.94. The van der Waals surface area contributed by atoms with E-state index in [2.05, 4.69) is 24.5 Å². The fraction of sp³-hybridized carbons (Fsp3) is 0.944. The average molecular weight is 326 g/mol. The van der Waals surface area contributed by atoms with Crippen molar-refractivity contribution >= 4 is 6.09 Å². The van der Waals surface area contributed by atoms with Crippen LogP contribution in [0.5, 0.6) is 0 Å². The molecular formula is C18H34N2O3. The van der Waals surface area contributed by atoms with E-state index in [0.29, 0.717) is 12.0 Å². The van der Waals surface area contributed by atoms with E-state index >= 15 is 0 Å². The Bertz CT molecular complexity index is 388. The molecule has 1 amide bonds. The predicted octanol–water partition coefficient (Wildman–Crippen LogP) is 3.23. The highest BCUT2D eigenvalue weighted by molar-refractivity contribution is 5.68. The molecule has 2 aliphatic rings. The molecule has 0 aromatic heterocycles. The first-order valence-corrected chi connectivity index (χ1v) is 9.23. The third-order valence-electron chi connectivity index (χ3n) is 4.77. The summed E-state index contributed by atoms with van der Waals surface area (Å²) in [7, 11) is 0. The van der Waals surface area contributed by atoms with Gasteiger partial charge in [-0.2, -0.15) is 0 Å². The van der Waals surface area contributed by atoms with Crippen LogP contribution >= 0.6 is 0 Å².